The van der Waals surface area contributed by atoms with Crippen molar-refractivity contribution in [2.75, 3.05) is 58.3 Å². The number of hydrogen-bond donors (Lipinski definition) is 9. The predicted octanol–water partition coefficient (Wildman–Crippen LogP) is 19.2. The van der Waals surface area contributed by atoms with Crippen LogP contribution in [0.25, 0.3) is 0 Å². The Balaban J connectivity index is 0.000000274. The summed E-state index contributed by atoms with van der Waals surface area (Å²) < 4.78 is 52.5. The first-order chi connectivity index (χ1) is 63.4. The second-order valence-corrected chi connectivity index (χ2v) is 33.2. The number of rotatable bonds is 44. The summed E-state index contributed by atoms with van der Waals surface area (Å²) in [5.74, 6) is -2.72. The van der Waals surface area contributed by atoms with Gasteiger partial charge in [0, 0.05) is 86.5 Å². The van der Waals surface area contributed by atoms with Crippen LogP contribution in [0, 0.1) is 54.0 Å². The molecule has 9 aromatic rings. The molecule has 134 heavy (non-hydrogen) atoms. The van der Waals surface area contributed by atoms with E-state index in [0.29, 0.717) is 91.1 Å². The van der Waals surface area contributed by atoms with Crippen LogP contribution in [0.3, 0.4) is 0 Å². The monoisotopic (exact) mass is 1850 g/mol. The summed E-state index contributed by atoms with van der Waals surface area (Å²) in [4.78, 5) is 148. The first-order valence-electron chi connectivity index (χ1n) is 43.7. The van der Waals surface area contributed by atoms with Gasteiger partial charge >= 0.3 is 17.1 Å². The lowest BCUT2D eigenvalue weighted by molar-refractivity contribution is -0.386. The van der Waals surface area contributed by atoms with E-state index in [9.17, 15) is 73.5 Å². The molecule has 0 radical (unpaired) electrons. The number of anilines is 6. The maximum absolute atomic E-state index is 13.3. The van der Waals surface area contributed by atoms with Gasteiger partial charge in [-0.2, -0.15) is 0 Å². The van der Waals surface area contributed by atoms with E-state index in [1.54, 1.807) is 32.0 Å². The molecule has 0 fully saturated rings. The Morgan fingerprint density at radius 2 is 0.440 bits per heavy atom. The molecule has 0 saturated carbocycles. The Kier molecular flexibility index (Phi) is 39.5. The minimum absolute atomic E-state index is 0.00842. The number of nitrogens with one attached hydrogen (secondary N) is 6. The molecule has 36 nitrogen and oxygen atoms in total. The number of nitro benzene ring substituents is 3. The minimum Gasteiger partial charge on any atom is -0.491 e. The summed E-state index contributed by atoms with van der Waals surface area (Å²) in [6.07, 6.45) is 1.24. The van der Waals surface area contributed by atoms with E-state index in [1.807, 2.05) is 111 Å². The van der Waals surface area contributed by atoms with Crippen LogP contribution < -0.4 is 91.7 Å². The molecular formula is C98H118N12O24. The Labute approximate surface area is 777 Å². The molecule has 4 unspecified atom stereocenters. The number of benzene rings is 9. The van der Waals surface area contributed by atoms with Gasteiger partial charge in [-0.25, -0.2) is 0 Å². The number of nitrogens with zero attached hydrogens (tertiary/aromatic N) is 3. The lowest BCUT2D eigenvalue weighted by Crippen LogP contribution is -2.18. The van der Waals surface area contributed by atoms with Gasteiger partial charge in [0.1, 0.15) is 34.5 Å². The molecule has 0 saturated heterocycles. The average Bonchev–Trinajstić information content (AvgIpc) is 0.814. The number of amides is 9. The van der Waals surface area contributed by atoms with E-state index in [0.717, 1.165) is 0 Å². The molecule has 36 heteroatoms. The number of primary amides is 3. The fraction of sp³-hybridized carbons (Fsp3) is 0.357. The molecule has 0 spiro atoms. The Bertz CT molecular complexity index is 5740. The highest BCUT2D eigenvalue weighted by molar-refractivity contribution is 6.11. The third-order valence-electron chi connectivity index (χ3n) is 19.5. The van der Waals surface area contributed by atoms with Crippen molar-refractivity contribution in [2.24, 2.45) is 40.9 Å². The SMILES string of the molecule is CCC(C)Oc1cc(C(=O)Nc2ccc(C(=O)Nc3ccc(C(N)=O)cc3OCC(C)C)cc2OCC(C)C)ccc1[N+](=O)[O-].CCC(C)Oc1cc(C(=O)Nc2ccc(C(N)=O)cc2OC(C)C)ccc1NC(=O)c1ccc([N+](=O)[O-])c(OC(C)CC)c1.CCC(C)Oc1cc(C(=O)Nc2ccc(C(N)=O)cc2OCC(C)C)ccc1NC(=O)c1ccc([N+](=O)[O-])c(OCC(C)C)c1. The lowest BCUT2D eigenvalue weighted by Gasteiger charge is -2.19. The van der Waals surface area contributed by atoms with Crippen molar-refractivity contribution >= 4 is 104 Å². The normalized spacial score (nSPS) is 11.8. The van der Waals surface area contributed by atoms with Gasteiger partial charge < -0.3 is 91.7 Å². The van der Waals surface area contributed by atoms with Gasteiger partial charge in [-0.05, 0) is 218 Å². The quantitative estimate of drug-likeness (QED) is 0.0126. The third kappa shape index (κ3) is 31.7. The predicted molar refractivity (Wildman–Crippen MR) is 510 cm³/mol. The summed E-state index contributed by atoms with van der Waals surface area (Å²) in [6.45, 7) is 35.4. The molecule has 4 atom stereocenters. The fourth-order valence-corrected chi connectivity index (χ4v) is 11.7. The van der Waals surface area contributed by atoms with Crippen LogP contribution in [0.2, 0.25) is 0 Å². The minimum atomic E-state index is -0.631. The Hall–Kier alpha value is -15.4. The zero-order valence-corrected chi connectivity index (χ0v) is 78.3. The number of nitro groups is 3. The van der Waals surface area contributed by atoms with Gasteiger partial charge in [0.2, 0.25) is 17.7 Å². The van der Waals surface area contributed by atoms with Crippen molar-refractivity contribution in [2.45, 2.75) is 181 Å². The first kappa shape index (κ1) is 106. The molecule has 0 aliphatic rings. The van der Waals surface area contributed by atoms with E-state index in [4.69, 9.17) is 59.8 Å². The number of carbonyl (C=O) groups excluding carboxylic acids is 9. The summed E-state index contributed by atoms with van der Waals surface area (Å²) in [5.41, 5.74) is 19.3. The highest BCUT2D eigenvalue weighted by Crippen LogP contribution is 2.39. The third-order valence-corrected chi connectivity index (χ3v) is 19.5. The first-order valence-corrected chi connectivity index (χ1v) is 43.7. The summed E-state index contributed by atoms with van der Waals surface area (Å²) >= 11 is 0. The van der Waals surface area contributed by atoms with E-state index in [2.05, 4.69) is 31.9 Å². The molecule has 9 aromatic carbocycles. The smallest absolute Gasteiger partial charge is 0.310 e. The Morgan fingerprint density at radius 3 is 0.672 bits per heavy atom. The van der Waals surface area contributed by atoms with Crippen LogP contribution in [0.15, 0.2) is 164 Å². The highest BCUT2D eigenvalue weighted by atomic mass is 16.6. The van der Waals surface area contributed by atoms with Gasteiger partial charge in [-0.1, -0.05) is 83.1 Å². The molecule has 0 bridgehead atoms. The number of nitrogens with two attached hydrogens (primary N) is 3. The molecule has 9 amide bonds. The van der Waals surface area contributed by atoms with E-state index < -0.39 is 67.9 Å². The van der Waals surface area contributed by atoms with Crippen molar-refractivity contribution in [3.05, 3.63) is 244 Å². The zero-order chi connectivity index (χ0) is 99.1. The lowest BCUT2D eigenvalue weighted by atomic mass is 10.1. The van der Waals surface area contributed by atoms with Crippen LogP contribution in [0.4, 0.5) is 51.2 Å². The molecule has 0 aliphatic carbocycles. The summed E-state index contributed by atoms with van der Waals surface area (Å²) in [6, 6.07) is 38.9. The molecule has 0 aliphatic heterocycles. The van der Waals surface area contributed by atoms with E-state index in [1.165, 1.54) is 146 Å². The zero-order valence-electron chi connectivity index (χ0n) is 78.3. The average molecular weight is 1850 g/mol. The molecule has 0 heterocycles. The topological polar surface area (TPSA) is 516 Å². The number of carbonyl (C=O) groups is 9. The largest absolute Gasteiger partial charge is 0.491 e. The molecule has 0 aromatic heterocycles. The van der Waals surface area contributed by atoms with E-state index in [-0.39, 0.29) is 168 Å². The highest BCUT2D eigenvalue weighted by Gasteiger charge is 2.28. The molecule has 714 valence electrons. The van der Waals surface area contributed by atoms with Crippen molar-refractivity contribution < 1.29 is 101 Å². The van der Waals surface area contributed by atoms with Crippen LogP contribution in [0.1, 0.15) is 244 Å². The van der Waals surface area contributed by atoms with Crippen molar-refractivity contribution in [1.29, 1.82) is 0 Å². The number of ether oxygens (including phenoxy) is 9. The Morgan fingerprint density at radius 1 is 0.261 bits per heavy atom. The fourth-order valence-electron chi connectivity index (χ4n) is 11.7. The second-order valence-electron chi connectivity index (χ2n) is 33.2. The van der Waals surface area contributed by atoms with Crippen LogP contribution in [-0.4, -0.2) is 125 Å². The standard InChI is InChI=1S/2C33H40N4O8.C32H38N4O8/c1-7-21(6)45-29-15-23(32(39)35-25-11-8-22(31(34)38)14-28(25)43-17-19(2)3)9-12-26(29)36-33(40)24-10-13-27(37(41)42)30(16-24)44-18-20(4)5;1-7-21(6)45-30-16-24(10-13-27(30)37(41)42)33(40)36-26-12-9-23(15-29(26)44-18-20(4)5)32(39)35-25-11-8-22(31(34)38)14-28(25)43-17-19(2)3;1-7-19(5)43-28-16-22(31(38)34-24-12-9-21(30(33)37)15-27(24)42-18(3)4)10-13-25(28)35-32(39)23-11-14-26(36(40)41)29(17-23)44-20(6)8-2/h2*8-16,19-21H,7,17-18H2,1-6H3,(H2,34,38)(H,35,39)(H,36,40);9-20H,7-8H2,1-6H3,(H2,33,37)(H,34,38)(H,35,39). The van der Waals surface area contributed by atoms with Gasteiger partial charge in [0.25, 0.3) is 35.4 Å². The molecular weight excluding hydrogens is 1730 g/mol. The van der Waals surface area contributed by atoms with Gasteiger partial charge in [0.15, 0.2) is 17.2 Å². The van der Waals surface area contributed by atoms with Crippen molar-refractivity contribution in [3.8, 4) is 51.7 Å². The van der Waals surface area contributed by atoms with Crippen LogP contribution >= 0.6 is 0 Å². The van der Waals surface area contributed by atoms with Gasteiger partial charge in [-0.15, -0.1) is 0 Å². The number of hydrogen-bond acceptors (Lipinski definition) is 24. The van der Waals surface area contributed by atoms with Crippen LogP contribution in [-0.2, 0) is 0 Å². The molecule has 12 N–H and O–H groups in total. The van der Waals surface area contributed by atoms with Gasteiger partial charge in [0.05, 0.1) is 106 Å². The second kappa shape index (κ2) is 50.1. The van der Waals surface area contributed by atoms with Crippen molar-refractivity contribution in [3.63, 3.8) is 0 Å². The van der Waals surface area contributed by atoms with Crippen LogP contribution in [0.5, 0.6) is 51.7 Å². The van der Waals surface area contributed by atoms with Gasteiger partial charge in [-0.3, -0.25) is 73.5 Å². The maximum Gasteiger partial charge on any atom is 0.310 e. The van der Waals surface area contributed by atoms with Crippen molar-refractivity contribution in [1.82, 2.24) is 0 Å². The van der Waals surface area contributed by atoms with E-state index >= 15 is 0 Å². The maximum atomic E-state index is 13.3. The summed E-state index contributed by atoms with van der Waals surface area (Å²) in [5, 5.41) is 51.2. The molecule has 9 rings (SSSR count). The summed E-state index contributed by atoms with van der Waals surface area (Å²) in [7, 11) is 0.